The van der Waals surface area contributed by atoms with Crippen LogP contribution in [0.25, 0.3) is 0 Å². The highest BCUT2D eigenvalue weighted by molar-refractivity contribution is 5.27. The molecule has 1 aromatic heterocycles. The van der Waals surface area contributed by atoms with E-state index < -0.39 is 0 Å². The van der Waals surface area contributed by atoms with Crippen molar-refractivity contribution in [1.82, 2.24) is 14.9 Å². The number of aromatic nitrogens is 2. The minimum Gasteiger partial charge on any atom is -0.392 e. The molecule has 1 aromatic carbocycles. The van der Waals surface area contributed by atoms with Crippen LogP contribution in [0, 0.1) is 6.92 Å². The predicted molar refractivity (Wildman–Crippen MR) is 103 cm³/mol. The van der Waals surface area contributed by atoms with Gasteiger partial charge >= 0.3 is 0 Å². The molecule has 1 atom stereocenters. The van der Waals surface area contributed by atoms with E-state index in [0.29, 0.717) is 19.5 Å². The monoisotopic (exact) mass is 355 g/mol. The lowest BCUT2D eigenvalue weighted by Crippen LogP contribution is -2.40. The Hall–Kier alpha value is -1.98. The number of aromatic amines is 1. The topological polar surface area (TPSA) is 69.2 Å². The summed E-state index contributed by atoms with van der Waals surface area (Å²) in [5.41, 5.74) is 4.00. The van der Waals surface area contributed by atoms with Crippen molar-refractivity contribution in [3.05, 3.63) is 62.8 Å². The second kappa shape index (κ2) is 8.60. The fraction of sp³-hybridized carbons (Fsp3) is 0.524. The molecule has 26 heavy (non-hydrogen) atoms. The molecule has 0 fully saturated rings. The highest BCUT2D eigenvalue weighted by Gasteiger charge is 2.22. The molecular weight excluding hydrogens is 326 g/mol. The van der Waals surface area contributed by atoms with E-state index in [2.05, 4.69) is 41.9 Å². The third kappa shape index (κ3) is 4.80. The lowest BCUT2D eigenvalue weighted by molar-refractivity contribution is 0.0960. The summed E-state index contributed by atoms with van der Waals surface area (Å²) < 4.78 is 0. The van der Waals surface area contributed by atoms with Gasteiger partial charge in [0.25, 0.3) is 5.56 Å². The number of hydrogen-bond acceptors (Lipinski definition) is 4. The van der Waals surface area contributed by atoms with Crippen LogP contribution in [-0.4, -0.2) is 39.2 Å². The SMILES string of the molecule is CCCC[C@@H](O)CN1CCc2nc(Cc3cccc(C)c3)[nH]c(=O)c2C1. The van der Waals surface area contributed by atoms with Crippen LogP contribution in [0.3, 0.4) is 0 Å². The van der Waals surface area contributed by atoms with Gasteiger partial charge in [0.1, 0.15) is 5.82 Å². The second-order valence-electron chi connectivity index (χ2n) is 7.38. The molecule has 2 aromatic rings. The molecule has 2 heterocycles. The van der Waals surface area contributed by atoms with Gasteiger partial charge in [0.05, 0.1) is 17.4 Å². The lowest BCUT2D eigenvalue weighted by atomic mass is 10.0. The number of aliphatic hydroxyl groups excluding tert-OH is 1. The molecule has 0 bridgehead atoms. The Balaban J connectivity index is 1.69. The quantitative estimate of drug-likeness (QED) is 0.801. The number of aryl methyl sites for hydroxylation is 1. The molecule has 2 N–H and O–H groups in total. The number of fused-ring (bicyclic) bond motifs is 1. The number of nitrogens with one attached hydrogen (secondary N) is 1. The van der Waals surface area contributed by atoms with Gasteiger partial charge in [0.15, 0.2) is 0 Å². The van der Waals surface area contributed by atoms with Crippen molar-refractivity contribution < 1.29 is 5.11 Å². The Morgan fingerprint density at radius 2 is 2.23 bits per heavy atom. The summed E-state index contributed by atoms with van der Waals surface area (Å²) >= 11 is 0. The molecule has 0 radical (unpaired) electrons. The van der Waals surface area contributed by atoms with Crippen LogP contribution in [0.15, 0.2) is 29.1 Å². The van der Waals surface area contributed by atoms with E-state index >= 15 is 0 Å². The third-order valence-electron chi connectivity index (χ3n) is 5.01. The van der Waals surface area contributed by atoms with Crippen LogP contribution in [0.2, 0.25) is 0 Å². The fourth-order valence-electron chi connectivity index (χ4n) is 3.62. The number of rotatable bonds is 7. The molecule has 0 amide bonds. The predicted octanol–water partition coefficient (Wildman–Crippen LogP) is 2.58. The Bertz CT molecular complexity index is 800. The van der Waals surface area contributed by atoms with Crippen molar-refractivity contribution >= 4 is 0 Å². The van der Waals surface area contributed by atoms with Gasteiger partial charge in [-0.05, 0) is 18.9 Å². The van der Waals surface area contributed by atoms with Crippen molar-refractivity contribution in [3.63, 3.8) is 0 Å². The van der Waals surface area contributed by atoms with Gasteiger partial charge in [-0.2, -0.15) is 0 Å². The number of benzene rings is 1. The van der Waals surface area contributed by atoms with Crippen molar-refractivity contribution in [2.75, 3.05) is 13.1 Å². The van der Waals surface area contributed by atoms with Crippen molar-refractivity contribution in [2.24, 2.45) is 0 Å². The number of aliphatic hydroxyl groups is 1. The average Bonchev–Trinajstić information content (AvgIpc) is 2.60. The number of nitrogens with zero attached hydrogens (tertiary/aromatic N) is 2. The minimum atomic E-state index is -0.316. The normalized spacial score (nSPS) is 15.7. The summed E-state index contributed by atoms with van der Waals surface area (Å²) in [6, 6.07) is 8.28. The molecule has 0 unspecified atom stereocenters. The highest BCUT2D eigenvalue weighted by Crippen LogP contribution is 2.16. The summed E-state index contributed by atoms with van der Waals surface area (Å²) in [6.07, 6.45) is 4.04. The van der Waals surface area contributed by atoms with Crippen LogP contribution >= 0.6 is 0 Å². The zero-order chi connectivity index (χ0) is 18.5. The van der Waals surface area contributed by atoms with E-state index in [1.165, 1.54) is 5.56 Å². The van der Waals surface area contributed by atoms with Crippen LogP contribution in [0.1, 0.15) is 54.4 Å². The van der Waals surface area contributed by atoms with Gasteiger partial charge in [-0.25, -0.2) is 4.98 Å². The summed E-state index contributed by atoms with van der Waals surface area (Å²) in [7, 11) is 0. The first kappa shape index (κ1) is 18.8. The lowest BCUT2D eigenvalue weighted by Gasteiger charge is -2.29. The van der Waals surface area contributed by atoms with Gasteiger partial charge in [-0.15, -0.1) is 0 Å². The molecule has 0 spiro atoms. The molecule has 1 aliphatic rings. The zero-order valence-corrected chi connectivity index (χ0v) is 15.8. The number of β-amino-alcohol motifs (C(OH)–C–C–N with tert-alkyl or cyclic N) is 1. The van der Waals surface area contributed by atoms with E-state index in [1.54, 1.807) is 0 Å². The van der Waals surface area contributed by atoms with Crippen LogP contribution < -0.4 is 5.56 Å². The van der Waals surface area contributed by atoms with Crippen LogP contribution in [0.5, 0.6) is 0 Å². The summed E-state index contributed by atoms with van der Waals surface area (Å²) in [4.78, 5) is 22.4. The average molecular weight is 355 g/mol. The Kier molecular flexibility index (Phi) is 6.22. The van der Waals surface area contributed by atoms with Crippen LogP contribution in [-0.2, 0) is 19.4 Å². The van der Waals surface area contributed by atoms with Crippen molar-refractivity contribution in [3.8, 4) is 0 Å². The van der Waals surface area contributed by atoms with E-state index in [4.69, 9.17) is 4.98 Å². The Morgan fingerprint density at radius 1 is 1.38 bits per heavy atom. The molecule has 3 rings (SSSR count). The van der Waals surface area contributed by atoms with Gasteiger partial charge in [0.2, 0.25) is 0 Å². The highest BCUT2D eigenvalue weighted by atomic mass is 16.3. The largest absolute Gasteiger partial charge is 0.392 e. The molecule has 5 heteroatoms. The van der Waals surface area contributed by atoms with Gasteiger partial charge in [-0.3, -0.25) is 9.69 Å². The molecular formula is C21H29N3O2. The molecule has 0 saturated heterocycles. The molecule has 0 saturated carbocycles. The van der Waals surface area contributed by atoms with E-state index in [1.807, 2.05) is 6.07 Å². The fourth-order valence-corrected chi connectivity index (χ4v) is 3.62. The van der Waals surface area contributed by atoms with Crippen LogP contribution in [0.4, 0.5) is 0 Å². The first-order chi connectivity index (χ1) is 12.5. The minimum absolute atomic E-state index is 0.0367. The Labute approximate surface area is 155 Å². The maximum Gasteiger partial charge on any atom is 0.255 e. The first-order valence-electron chi connectivity index (χ1n) is 9.62. The molecule has 140 valence electrons. The van der Waals surface area contributed by atoms with E-state index in [0.717, 1.165) is 54.9 Å². The summed E-state index contributed by atoms with van der Waals surface area (Å²) in [5.74, 6) is 0.732. The summed E-state index contributed by atoms with van der Waals surface area (Å²) in [5, 5.41) is 10.1. The maximum absolute atomic E-state index is 12.6. The number of unbranched alkanes of at least 4 members (excludes halogenated alkanes) is 1. The van der Waals surface area contributed by atoms with Gasteiger partial charge in [-0.1, -0.05) is 49.6 Å². The maximum atomic E-state index is 12.6. The Morgan fingerprint density at radius 3 is 3.00 bits per heavy atom. The standard InChI is InChI=1S/C21H29N3O2/c1-3-4-8-17(25)13-24-10-9-19-18(14-24)21(26)23-20(22-19)12-16-7-5-6-15(2)11-16/h5-7,11,17,25H,3-4,8-10,12-14H2,1-2H3,(H,22,23,26)/t17-/m1/s1. The van der Waals surface area contributed by atoms with E-state index in [-0.39, 0.29) is 11.7 Å². The number of H-pyrrole nitrogens is 1. The smallest absolute Gasteiger partial charge is 0.255 e. The third-order valence-corrected chi connectivity index (χ3v) is 5.01. The van der Waals surface area contributed by atoms with Gasteiger partial charge in [0, 0.05) is 32.5 Å². The zero-order valence-electron chi connectivity index (χ0n) is 15.8. The number of hydrogen-bond donors (Lipinski definition) is 2. The summed E-state index contributed by atoms with van der Waals surface area (Å²) in [6.45, 7) is 6.24. The second-order valence-corrected chi connectivity index (χ2v) is 7.38. The van der Waals surface area contributed by atoms with E-state index in [9.17, 15) is 9.90 Å². The van der Waals surface area contributed by atoms with Crippen molar-refractivity contribution in [2.45, 2.75) is 58.6 Å². The molecule has 1 aliphatic heterocycles. The molecule has 5 nitrogen and oxygen atoms in total. The first-order valence-corrected chi connectivity index (χ1v) is 9.62. The van der Waals surface area contributed by atoms with Crippen molar-refractivity contribution in [1.29, 1.82) is 0 Å². The molecule has 0 aliphatic carbocycles. The van der Waals surface area contributed by atoms with Gasteiger partial charge < -0.3 is 10.1 Å².